The lowest BCUT2D eigenvalue weighted by Crippen LogP contribution is -2.43. The Kier molecular flexibility index (Phi) is 2.74. The highest BCUT2D eigenvalue weighted by molar-refractivity contribution is 5.69. The second kappa shape index (κ2) is 3.87. The van der Waals surface area contributed by atoms with Gasteiger partial charge in [-0.25, -0.2) is 0 Å². The molecular formula is C10H18N2O2. The molecule has 2 aliphatic heterocycles. The summed E-state index contributed by atoms with van der Waals surface area (Å²) >= 11 is 0. The van der Waals surface area contributed by atoms with Crippen LogP contribution in [0.15, 0.2) is 0 Å². The number of nitrogens with zero attached hydrogens (tertiary/aromatic N) is 2. The van der Waals surface area contributed by atoms with Gasteiger partial charge in [0.15, 0.2) is 0 Å². The zero-order chi connectivity index (χ0) is 10.1. The highest BCUT2D eigenvalue weighted by atomic mass is 16.4. The molecule has 0 spiro atoms. The summed E-state index contributed by atoms with van der Waals surface area (Å²) in [4.78, 5) is 15.2. The number of aliphatic carboxylic acids is 1. The number of rotatable bonds is 2. The van der Waals surface area contributed by atoms with Crippen LogP contribution in [0.1, 0.15) is 13.3 Å². The lowest BCUT2D eigenvalue weighted by atomic mass is 10.1. The summed E-state index contributed by atoms with van der Waals surface area (Å²) in [5, 5.41) is 8.79. The molecule has 2 heterocycles. The van der Waals surface area contributed by atoms with Crippen LogP contribution >= 0.6 is 0 Å². The summed E-state index contributed by atoms with van der Waals surface area (Å²) in [6, 6.07) is 0.386. The summed E-state index contributed by atoms with van der Waals surface area (Å²) < 4.78 is 0. The van der Waals surface area contributed by atoms with E-state index in [1.807, 2.05) is 0 Å². The van der Waals surface area contributed by atoms with Crippen molar-refractivity contribution in [2.45, 2.75) is 19.4 Å². The van der Waals surface area contributed by atoms with Crippen LogP contribution in [-0.4, -0.2) is 59.6 Å². The largest absolute Gasteiger partial charge is 0.480 e. The molecule has 0 aromatic heterocycles. The van der Waals surface area contributed by atoms with Crippen molar-refractivity contribution in [1.29, 1.82) is 0 Å². The zero-order valence-electron chi connectivity index (χ0n) is 8.65. The molecule has 2 rings (SSSR count). The molecule has 0 saturated carbocycles. The van der Waals surface area contributed by atoms with Crippen molar-refractivity contribution >= 4 is 5.97 Å². The molecule has 14 heavy (non-hydrogen) atoms. The Morgan fingerprint density at radius 3 is 2.93 bits per heavy atom. The van der Waals surface area contributed by atoms with Crippen LogP contribution in [-0.2, 0) is 4.79 Å². The molecule has 3 atom stereocenters. The molecule has 0 aromatic carbocycles. The molecule has 2 fully saturated rings. The minimum Gasteiger partial charge on any atom is -0.480 e. The van der Waals surface area contributed by atoms with Crippen LogP contribution in [0.3, 0.4) is 0 Å². The van der Waals surface area contributed by atoms with Crippen molar-refractivity contribution in [2.75, 3.05) is 32.7 Å². The molecule has 2 bridgehead atoms. The van der Waals surface area contributed by atoms with Crippen molar-refractivity contribution in [3.05, 3.63) is 0 Å². The topological polar surface area (TPSA) is 43.8 Å². The molecule has 4 heteroatoms. The minimum absolute atomic E-state index is 0.200. The van der Waals surface area contributed by atoms with Gasteiger partial charge in [0.1, 0.15) is 0 Å². The van der Waals surface area contributed by atoms with Crippen LogP contribution in [0.4, 0.5) is 0 Å². The third-order valence-corrected chi connectivity index (χ3v) is 3.35. The van der Waals surface area contributed by atoms with E-state index in [0.717, 1.165) is 13.1 Å². The van der Waals surface area contributed by atoms with Crippen molar-refractivity contribution in [2.24, 2.45) is 5.92 Å². The number of fused-ring (bicyclic) bond motifs is 2. The van der Waals surface area contributed by atoms with Gasteiger partial charge < -0.3 is 10.0 Å². The lowest BCUT2D eigenvalue weighted by Gasteiger charge is -2.29. The lowest BCUT2D eigenvalue weighted by molar-refractivity contribution is -0.139. The molecule has 2 saturated heterocycles. The van der Waals surface area contributed by atoms with Gasteiger partial charge in [0.2, 0.25) is 0 Å². The maximum atomic E-state index is 10.7. The average molecular weight is 198 g/mol. The fourth-order valence-corrected chi connectivity index (χ4v) is 2.62. The highest BCUT2D eigenvalue weighted by Gasteiger charge is 2.32. The Morgan fingerprint density at radius 2 is 2.21 bits per heavy atom. The Labute approximate surface area is 84.5 Å². The minimum atomic E-state index is -0.704. The summed E-state index contributed by atoms with van der Waals surface area (Å²) in [6.45, 7) is 6.69. The van der Waals surface area contributed by atoms with E-state index in [-0.39, 0.29) is 6.54 Å². The predicted molar refractivity (Wildman–Crippen MR) is 53.2 cm³/mol. The fourth-order valence-electron chi connectivity index (χ4n) is 2.62. The molecule has 0 amide bonds. The second-order valence-electron chi connectivity index (χ2n) is 4.59. The van der Waals surface area contributed by atoms with Gasteiger partial charge in [0.05, 0.1) is 6.54 Å². The van der Waals surface area contributed by atoms with E-state index in [2.05, 4.69) is 16.7 Å². The van der Waals surface area contributed by atoms with Gasteiger partial charge in [-0.15, -0.1) is 0 Å². The smallest absolute Gasteiger partial charge is 0.317 e. The van der Waals surface area contributed by atoms with E-state index in [1.165, 1.54) is 19.5 Å². The molecule has 1 N–H and O–H groups in total. The van der Waals surface area contributed by atoms with E-state index in [1.54, 1.807) is 0 Å². The van der Waals surface area contributed by atoms with Crippen LogP contribution in [0.5, 0.6) is 0 Å². The fraction of sp³-hybridized carbons (Fsp3) is 0.900. The van der Waals surface area contributed by atoms with Gasteiger partial charge in [-0.3, -0.25) is 9.69 Å². The Hall–Kier alpha value is -0.610. The summed E-state index contributed by atoms with van der Waals surface area (Å²) in [5.41, 5.74) is 0. The van der Waals surface area contributed by atoms with Gasteiger partial charge in [0, 0.05) is 25.7 Å². The van der Waals surface area contributed by atoms with E-state index >= 15 is 0 Å². The standard InChI is InChI=1S/C10H18N2O2/c1-8-4-11-3-2-9(5-11)6-12(8)7-10(13)14/h8-9H,2-7H2,1H3,(H,13,14). The van der Waals surface area contributed by atoms with E-state index in [4.69, 9.17) is 5.11 Å². The first-order valence-corrected chi connectivity index (χ1v) is 5.33. The summed E-state index contributed by atoms with van der Waals surface area (Å²) in [5.74, 6) is -0.0103. The molecule has 4 nitrogen and oxygen atoms in total. The third-order valence-electron chi connectivity index (χ3n) is 3.35. The van der Waals surface area contributed by atoms with Gasteiger partial charge >= 0.3 is 5.97 Å². The molecular weight excluding hydrogens is 180 g/mol. The van der Waals surface area contributed by atoms with Gasteiger partial charge in [-0.2, -0.15) is 0 Å². The van der Waals surface area contributed by atoms with Gasteiger partial charge in [-0.05, 0) is 25.8 Å². The molecule has 0 aliphatic carbocycles. The molecule has 2 aliphatic rings. The number of carboxylic acids is 1. The number of hydrogen-bond acceptors (Lipinski definition) is 3. The quantitative estimate of drug-likeness (QED) is 0.683. The van der Waals surface area contributed by atoms with Crippen molar-refractivity contribution in [3.63, 3.8) is 0 Å². The normalized spacial score (nSPS) is 38.2. The monoisotopic (exact) mass is 198 g/mol. The average Bonchev–Trinajstić information content (AvgIpc) is 2.43. The zero-order valence-corrected chi connectivity index (χ0v) is 8.65. The third kappa shape index (κ3) is 2.07. The van der Waals surface area contributed by atoms with Crippen molar-refractivity contribution < 1.29 is 9.90 Å². The number of carboxylic acid groups (broad SMARTS) is 1. The number of hydrogen-bond donors (Lipinski definition) is 1. The first-order valence-electron chi connectivity index (χ1n) is 5.33. The number of carbonyl (C=O) groups is 1. The first kappa shape index (κ1) is 9.93. The van der Waals surface area contributed by atoms with Crippen LogP contribution in [0.2, 0.25) is 0 Å². The van der Waals surface area contributed by atoms with E-state index < -0.39 is 5.97 Å². The Balaban J connectivity index is 1.99. The Bertz CT molecular complexity index is 232. The van der Waals surface area contributed by atoms with Gasteiger partial charge in [0.25, 0.3) is 0 Å². The molecule has 0 aromatic rings. The SMILES string of the molecule is CC1CN2CCC(C2)CN1CC(=O)O. The molecule has 0 radical (unpaired) electrons. The predicted octanol–water partition coefficient (Wildman–Crippen LogP) is 0.0970. The van der Waals surface area contributed by atoms with Crippen LogP contribution in [0.25, 0.3) is 0 Å². The highest BCUT2D eigenvalue weighted by Crippen LogP contribution is 2.23. The van der Waals surface area contributed by atoms with Crippen molar-refractivity contribution in [1.82, 2.24) is 9.80 Å². The Morgan fingerprint density at radius 1 is 1.43 bits per heavy atom. The summed E-state index contributed by atoms with van der Waals surface area (Å²) in [7, 11) is 0. The maximum absolute atomic E-state index is 10.7. The van der Waals surface area contributed by atoms with E-state index in [0.29, 0.717) is 12.0 Å². The molecule has 80 valence electrons. The maximum Gasteiger partial charge on any atom is 0.317 e. The van der Waals surface area contributed by atoms with Crippen molar-refractivity contribution in [3.8, 4) is 0 Å². The van der Waals surface area contributed by atoms with Crippen LogP contribution in [0, 0.1) is 5.92 Å². The first-order chi connectivity index (χ1) is 6.65. The molecule has 3 unspecified atom stereocenters. The summed E-state index contributed by atoms with van der Waals surface area (Å²) in [6.07, 6.45) is 1.24. The second-order valence-corrected chi connectivity index (χ2v) is 4.59. The van der Waals surface area contributed by atoms with Crippen LogP contribution < -0.4 is 0 Å². The van der Waals surface area contributed by atoms with Gasteiger partial charge in [-0.1, -0.05) is 0 Å². The van der Waals surface area contributed by atoms with E-state index in [9.17, 15) is 4.79 Å².